The number of aromatic nitrogens is 3. The summed E-state index contributed by atoms with van der Waals surface area (Å²) in [6.07, 6.45) is 0. The van der Waals surface area contributed by atoms with Gasteiger partial charge in [-0.1, -0.05) is 35.5 Å². The van der Waals surface area contributed by atoms with E-state index in [4.69, 9.17) is 26.9 Å². The number of carbonyl (C=O) groups is 1. The third-order valence-corrected chi connectivity index (χ3v) is 4.96. The van der Waals surface area contributed by atoms with E-state index in [1.54, 1.807) is 25.3 Å². The Kier molecular flexibility index (Phi) is 6.27. The molecule has 28 heavy (non-hydrogen) atoms. The van der Waals surface area contributed by atoms with Crippen LogP contribution in [-0.2, 0) is 4.79 Å². The van der Waals surface area contributed by atoms with E-state index in [2.05, 4.69) is 15.5 Å². The van der Waals surface area contributed by atoms with E-state index < -0.39 is 0 Å². The van der Waals surface area contributed by atoms with Gasteiger partial charge in [0.1, 0.15) is 11.5 Å². The number of rotatable bonds is 7. The Morgan fingerprint density at radius 2 is 1.93 bits per heavy atom. The summed E-state index contributed by atoms with van der Waals surface area (Å²) in [5, 5.41) is 11.8. The van der Waals surface area contributed by atoms with Crippen LogP contribution in [0.5, 0.6) is 11.5 Å². The maximum Gasteiger partial charge on any atom is 0.234 e. The Morgan fingerprint density at radius 1 is 1.18 bits per heavy atom. The topological polar surface area (TPSA) is 104 Å². The van der Waals surface area contributed by atoms with Gasteiger partial charge in [-0.3, -0.25) is 4.79 Å². The number of amides is 1. The van der Waals surface area contributed by atoms with E-state index >= 15 is 0 Å². The standard InChI is InChI=1S/C18H18ClN5O3S/c1-26-14-6-4-3-5-12(14)17-22-23-18(24(17)20)28-10-16(25)21-13-9-11(19)7-8-15(13)27-2/h3-9H,10,20H2,1-2H3,(H,21,25). The van der Waals surface area contributed by atoms with Crippen molar-refractivity contribution in [3.05, 3.63) is 47.5 Å². The molecule has 1 amide bonds. The van der Waals surface area contributed by atoms with Gasteiger partial charge in [-0.25, -0.2) is 4.68 Å². The number of hydrogen-bond donors (Lipinski definition) is 2. The van der Waals surface area contributed by atoms with Crippen molar-refractivity contribution in [3.8, 4) is 22.9 Å². The smallest absolute Gasteiger partial charge is 0.234 e. The van der Waals surface area contributed by atoms with Crippen LogP contribution in [0, 0.1) is 0 Å². The third-order valence-electron chi connectivity index (χ3n) is 3.78. The molecule has 0 saturated heterocycles. The zero-order chi connectivity index (χ0) is 20.1. The van der Waals surface area contributed by atoms with Gasteiger partial charge in [0, 0.05) is 5.02 Å². The molecule has 3 rings (SSSR count). The number of anilines is 1. The maximum absolute atomic E-state index is 12.3. The Morgan fingerprint density at radius 3 is 2.68 bits per heavy atom. The molecular formula is C18H18ClN5O3S. The van der Waals surface area contributed by atoms with Crippen LogP contribution >= 0.6 is 23.4 Å². The molecule has 0 bridgehead atoms. The monoisotopic (exact) mass is 419 g/mol. The number of methoxy groups -OCH3 is 2. The fourth-order valence-electron chi connectivity index (χ4n) is 2.48. The summed E-state index contributed by atoms with van der Waals surface area (Å²) in [5.41, 5.74) is 1.20. The molecular weight excluding hydrogens is 402 g/mol. The largest absolute Gasteiger partial charge is 0.496 e. The number of benzene rings is 2. The highest BCUT2D eigenvalue weighted by Gasteiger charge is 2.17. The Labute approximate surface area is 171 Å². The molecule has 2 aromatic carbocycles. The quantitative estimate of drug-likeness (QED) is 0.448. The van der Waals surface area contributed by atoms with Crippen molar-refractivity contribution in [2.24, 2.45) is 0 Å². The van der Waals surface area contributed by atoms with Gasteiger partial charge >= 0.3 is 0 Å². The lowest BCUT2D eigenvalue weighted by Crippen LogP contribution is -2.17. The molecule has 0 spiro atoms. The zero-order valence-electron chi connectivity index (χ0n) is 15.2. The first-order chi connectivity index (χ1) is 13.5. The maximum atomic E-state index is 12.3. The van der Waals surface area contributed by atoms with E-state index in [-0.39, 0.29) is 11.7 Å². The molecule has 10 heteroatoms. The molecule has 0 aliphatic heterocycles. The van der Waals surface area contributed by atoms with Gasteiger partial charge in [0.05, 0.1) is 31.2 Å². The minimum Gasteiger partial charge on any atom is -0.496 e. The van der Waals surface area contributed by atoms with Gasteiger partial charge in [0.15, 0.2) is 5.82 Å². The summed E-state index contributed by atoms with van der Waals surface area (Å²) in [5.74, 6) is 7.52. The number of hydrogen-bond acceptors (Lipinski definition) is 7. The van der Waals surface area contributed by atoms with Crippen LogP contribution < -0.4 is 20.6 Å². The van der Waals surface area contributed by atoms with E-state index in [0.29, 0.717) is 38.8 Å². The van der Waals surface area contributed by atoms with Gasteiger partial charge in [-0.15, -0.1) is 10.2 Å². The molecule has 0 aliphatic carbocycles. The van der Waals surface area contributed by atoms with Crippen LogP contribution in [0.1, 0.15) is 0 Å². The molecule has 146 valence electrons. The summed E-state index contributed by atoms with van der Waals surface area (Å²) < 4.78 is 11.9. The number of nitrogen functional groups attached to an aromatic ring is 1. The van der Waals surface area contributed by atoms with Crippen molar-refractivity contribution >= 4 is 35.0 Å². The normalized spacial score (nSPS) is 10.5. The van der Waals surface area contributed by atoms with Crippen molar-refractivity contribution < 1.29 is 14.3 Å². The van der Waals surface area contributed by atoms with Crippen LogP contribution in [0.3, 0.4) is 0 Å². The van der Waals surface area contributed by atoms with E-state index in [1.807, 2.05) is 24.3 Å². The summed E-state index contributed by atoms with van der Waals surface area (Å²) in [4.78, 5) is 12.3. The molecule has 0 unspecified atom stereocenters. The number of nitrogens with two attached hydrogens (primary N) is 1. The summed E-state index contributed by atoms with van der Waals surface area (Å²) in [6.45, 7) is 0. The first-order valence-corrected chi connectivity index (χ1v) is 9.50. The second-order valence-corrected chi connectivity index (χ2v) is 6.94. The second-order valence-electron chi connectivity index (χ2n) is 5.56. The molecule has 0 atom stereocenters. The lowest BCUT2D eigenvalue weighted by Gasteiger charge is -2.10. The SMILES string of the molecule is COc1ccc(Cl)cc1NC(=O)CSc1nnc(-c2ccccc2OC)n1N. The molecule has 0 radical (unpaired) electrons. The van der Waals surface area contributed by atoms with Crippen molar-refractivity contribution in [1.82, 2.24) is 14.9 Å². The molecule has 0 aliphatic rings. The summed E-state index contributed by atoms with van der Waals surface area (Å²) in [6, 6.07) is 12.3. The molecule has 8 nitrogen and oxygen atoms in total. The lowest BCUT2D eigenvalue weighted by atomic mass is 10.2. The molecule has 1 aromatic heterocycles. The fourth-order valence-corrected chi connectivity index (χ4v) is 3.31. The van der Waals surface area contributed by atoms with Crippen molar-refractivity contribution in [3.63, 3.8) is 0 Å². The molecule has 3 aromatic rings. The minimum atomic E-state index is -0.257. The average molecular weight is 420 g/mol. The number of halogens is 1. The van der Waals surface area contributed by atoms with Crippen molar-refractivity contribution in [1.29, 1.82) is 0 Å². The molecule has 0 saturated carbocycles. The minimum absolute atomic E-state index is 0.0803. The molecule has 3 N–H and O–H groups in total. The van der Waals surface area contributed by atoms with Gasteiger partial charge in [0.25, 0.3) is 0 Å². The zero-order valence-corrected chi connectivity index (χ0v) is 16.8. The van der Waals surface area contributed by atoms with Crippen molar-refractivity contribution in [2.75, 3.05) is 31.1 Å². The number of nitrogens with zero attached hydrogens (tertiary/aromatic N) is 3. The molecule has 0 fully saturated rings. The molecule has 1 heterocycles. The van der Waals surface area contributed by atoms with Gasteiger partial charge in [0.2, 0.25) is 11.1 Å². The predicted molar refractivity (Wildman–Crippen MR) is 110 cm³/mol. The van der Waals surface area contributed by atoms with Crippen LogP contribution in [0.4, 0.5) is 5.69 Å². The highest BCUT2D eigenvalue weighted by Crippen LogP contribution is 2.30. The summed E-state index contributed by atoms with van der Waals surface area (Å²) in [7, 11) is 3.09. The van der Waals surface area contributed by atoms with E-state index in [0.717, 1.165) is 11.8 Å². The van der Waals surface area contributed by atoms with Crippen LogP contribution in [0.15, 0.2) is 47.6 Å². The number of carbonyl (C=O) groups excluding carboxylic acids is 1. The van der Waals surface area contributed by atoms with Crippen LogP contribution in [0.25, 0.3) is 11.4 Å². The van der Waals surface area contributed by atoms with Crippen LogP contribution in [-0.4, -0.2) is 40.8 Å². The highest BCUT2D eigenvalue weighted by atomic mass is 35.5. The number of nitrogens with one attached hydrogen (secondary N) is 1. The Balaban J connectivity index is 1.70. The number of thioether (sulfide) groups is 1. The van der Waals surface area contributed by atoms with Crippen LogP contribution in [0.2, 0.25) is 5.02 Å². The Hall–Kier alpha value is -2.91. The summed E-state index contributed by atoms with van der Waals surface area (Å²) >= 11 is 7.13. The third kappa shape index (κ3) is 4.32. The fraction of sp³-hybridized carbons (Fsp3) is 0.167. The van der Waals surface area contributed by atoms with E-state index in [1.165, 1.54) is 11.8 Å². The van der Waals surface area contributed by atoms with Crippen molar-refractivity contribution in [2.45, 2.75) is 5.16 Å². The number of ether oxygens (including phenoxy) is 2. The average Bonchev–Trinajstić information content (AvgIpc) is 3.06. The number of para-hydroxylation sites is 1. The lowest BCUT2D eigenvalue weighted by molar-refractivity contribution is -0.113. The predicted octanol–water partition coefficient (Wildman–Crippen LogP) is 3.06. The van der Waals surface area contributed by atoms with Gasteiger partial charge < -0.3 is 20.6 Å². The van der Waals surface area contributed by atoms with E-state index in [9.17, 15) is 4.79 Å². The first-order valence-electron chi connectivity index (χ1n) is 8.13. The Bertz CT molecular complexity index is 995. The second kappa shape index (κ2) is 8.85. The van der Waals surface area contributed by atoms with Gasteiger partial charge in [-0.05, 0) is 30.3 Å². The highest BCUT2D eigenvalue weighted by molar-refractivity contribution is 7.99. The van der Waals surface area contributed by atoms with Gasteiger partial charge in [-0.2, -0.15) is 0 Å². The first kappa shape index (κ1) is 19.8.